The molecule has 0 heterocycles. The maximum absolute atomic E-state index is 13.0. The van der Waals surface area contributed by atoms with Gasteiger partial charge < -0.3 is 9.84 Å². The van der Waals surface area contributed by atoms with Crippen LogP contribution in [0.3, 0.4) is 0 Å². The molecule has 3 rings (SSSR count). The molecule has 0 aliphatic heterocycles. The summed E-state index contributed by atoms with van der Waals surface area (Å²) in [6, 6.07) is 18.8. The van der Waals surface area contributed by atoms with Gasteiger partial charge in [0.25, 0.3) is 0 Å². The zero-order valence-electron chi connectivity index (χ0n) is 17.0. The van der Waals surface area contributed by atoms with Crippen LogP contribution in [0.1, 0.15) is 11.1 Å². The summed E-state index contributed by atoms with van der Waals surface area (Å²) in [5, 5.41) is 10.2. The predicted molar refractivity (Wildman–Crippen MR) is 119 cm³/mol. The number of para-hydroxylation sites is 1. The molecule has 31 heavy (non-hydrogen) atoms. The second kappa shape index (κ2) is 9.51. The van der Waals surface area contributed by atoms with Gasteiger partial charge in [0.15, 0.2) is 0 Å². The number of benzene rings is 3. The molecule has 0 spiro atoms. The van der Waals surface area contributed by atoms with Crippen LogP contribution in [0.5, 0.6) is 11.5 Å². The molecule has 1 atom stereocenters. The molecule has 1 N–H and O–H groups in total. The zero-order valence-corrected chi connectivity index (χ0v) is 18.6. The molecule has 0 saturated carbocycles. The Balaban J connectivity index is 1.93. The number of carboxylic acid groups (broad SMARTS) is 1. The minimum absolute atomic E-state index is 0.0266. The maximum atomic E-state index is 13.0. The van der Waals surface area contributed by atoms with Crippen molar-refractivity contribution >= 4 is 27.6 Å². The number of aliphatic carboxylic acids is 1. The number of hydrogen-bond donors (Lipinski definition) is 1. The van der Waals surface area contributed by atoms with Crippen molar-refractivity contribution in [1.82, 2.24) is 4.31 Å². The summed E-state index contributed by atoms with van der Waals surface area (Å²) in [7, 11) is -2.76. The van der Waals surface area contributed by atoms with Gasteiger partial charge in [0, 0.05) is 18.5 Å². The topological polar surface area (TPSA) is 83.9 Å². The summed E-state index contributed by atoms with van der Waals surface area (Å²) in [5.41, 5.74) is 1.38. The highest BCUT2D eigenvalue weighted by Crippen LogP contribution is 2.30. The van der Waals surface area contributed by atoms with E-state index in [1.165, 1.54) is 19.2 Å². The average molecular weight is 460 g/mol. The van der Waals surface area contributed by atoms with Crippen molar-refractivity contribution in [3.05, 3.63) is 88.9 Å². The molecular weight excluding hydrogens is 438 g/mol. The number of halogens is 1. The molecule has 0 aliphatic carbocycles. The summed E-state index contributed by atoms with van der Waals surface area (Å²) in [6.07, 6.45) is -0.125. The van der Waals surface area contributed by atoms with Crippen LogP contribution >= 0.6 is 11.6 Å². The first kappa shape index (κ1) is 22.8. The van der Waals surface area contributed by atoms with Gasteiger partial charge in [-0.05, 0) is 55.0 Å². The summed E-state index contributed by atoms with van der Waals surface area (Å²) in [4.78, 5) is 12.1. The Bertz CT molecular complexity index is 1160. The number of nitrogens with zero attached hydrogens (tertiary/aromatic N) is 1. The number of hydrogen-bond acceptors (Lipinski definition) is 4. The molecule has 0 unspecified atom stereocenters. The van der Waals surface area contributed by atoms with Gasteiger partial charge in [0.1, 0.15) is 17.5 Å². The Morgan fingerprint density at radius 3 is 2.32 bits per heavy atom. The Hall–Kier alpha value is -2.87. The Morgan fingerprint density at radius 1 is 1.06 bits per heavy atom. The van der Waals surface area contributed by atoms with Gasteiger partial charge in [0.05, 0.1) is 4.90 Å². The quantitative estimate of drug-likeness (QED) is 0.525. The van der Waals surface area contributed by atoms with Crippen molar-refractivity contribution in [3.63, 3.8) is 0 Å². The lowest BCUT2D eigenvalue weighted by Gasteiger charge is -2.25. The van der Waals surface area contributed by atoms with Gasteiger partial charge in [-0.2, -0.15) is 4.31 Å². The molecule has 6 nitrogen and oxygen atoms in total. The van der Waals surface area contributed by atoms with Crippen molar-refractivity contribution in [2.75, 3.05) is 7.05 Å². The maximum Gasteiger partial charge on any atom is 0.322 e. The average Bonchev–Trinajstić information content (AvgIpc) is 2.74. The lowest BCUT2D eigenvalue weighted by atomic mass is 10.0. The minimum atomic E-state index is -4.02. The van der Waals surface area contributed by atoms with Gasteiger partial charge in [-0.25, -0.2) is 8.42 Å². The molecule has 0 aromatic heterocycles. The summed E-state index contributed by atoms with van der Waals surface area (Å²) >= 11 is 6.13. The SMILES string of the molecule is Cc1ccc(S(=O)(=O)N(C)[C@@H](Cc2cc(Cl)ccc2Oc2ccccc2)C(=O)O)cc1. The van der Waals surface area contributed by atoms with Crippen LogP contribution in [-0.2, 0) is 21.2 Å². The first-order chi connectivity index (χ1) is 14.7. The molecule has 3 aromatic rings. The Kier molecular flexibility index (Phi) is 7.00. The molecule has 0 amide bonds. The molecule has 0 fully saturated rings. The second-order valence-corrected chi connectivity index (χ2v) is 9.49. The Labute approximate surface area is 186 Å². The molecule has 162 valence electrons. The third-order valence-electron chi connectivity index (χ3n) is 4.83. The summed E-state index contributed by atoms with van der Waals surface area (Å²) < 4.78 is 32.8. The molecular formula is C23H22ClNO5S. The smallest absolute Gasteiger partial charge is 0.322 e. The van der Waals surface area contributed by atoms with E-state index in [0.29, 0.717) is 22.1 Å². The van der Waals surface area contributed by atoms with Gasteiger partial charge in [-0.1, -0.05) is 47.5 Å². The largest absolute Gasteiger partial charge is 0.480 e. The van der Waals surface area contributed by atoms with Crippen LogP contribution < -0.4 is 4.74 Å². The van der Waals surface area contributed by atoms with Crippen LogP contribution in [0, 0.1) is 6.92 Å². The third-order valence-corrected chi connectivity index (χ3v) is 6.94. The van der Waals surface area contributed by atoms with Crippen LogP contribution in [0.2, 0.25) is 5.02 Å². The number of carboxylic acids is 1. The summed E-state index contributed by atoms with van der Waals surface area (Å²) in [5.74, 6) is -0.301. The molecule has 0 aliphatic rings. The van der Waals surface area contributed by atoms with Crippen LogP contribution in [0.25, 0.3) is 0 Å². The Morgan fingerprint density at radius 2 is 1.71 bits per heavy atom. The number of sulfonamides is 1. The van der Waals surface area contributed by atoms with E-state index in [1.54, 1.807) is 42.5 Å². The first-order valence-electron chi connectivity index (χ1n) is 9.47. The highest BCUT2D eigenvalue weighted by Gasteiger charge is 2.33. The fourth-order valence-electron chi connectivity index (χ4n) is 3.05. The van der Waals surface area contributed by atoms with E-state index in [4.69, 9.17) is 16.3 Å². The summed E-state index contributed by atoms with van der Waals surface area (Å²) in [6.45, 7) is 1.84. The van der Waals surface area contributed by atoms with E-state index < -0.39 is 22.0 Å². The predicted octanol–water partition coefficient (Wildman–Crippen LogP) is 4.76. The molecule has 0 saturated heterocycles. The highest BCUT2D eigenvalue weighted by atomic mass is 35.5. The second-order valence-electron chi connectivity index (χ2n) is 7.06. The number of aryl methyl sites for hydroxylation is 1. The van der Waals surface area contributed by atoms with Crippen LogP contribution in [0.4, 0.5) is 0 Å². The fourth-order valence-corrected chi connectivity index (χ4v) is 4.55. The normalized spacial score (nSPS) is 12.5. The van der Waals surface area contributed by atoms with Crippen molar-refractivity contribution in [2.45, 2.75) is 24.3 Å². The minimum Gasteiger partial charge on any atom is -0.480 e. The highest BCUT2D eigenvalue weighted by molar-refractivity contribution is 7.89. The number of carbonyl (C=O) groups is 1. The molecule has 0 bridgehead atoms. The van der Waals surface area contributed by atoms with E-state index in [0.717, 1.165) is 9.87 Å². The van der Waals surface area contributed by atoms with Crippen molar-refractivity contribution in [1.29, 1.82) is 0 Å². The van der Waals surface area contributed by atoms with E-state index >= 15 is 0 Å². The van der Waals surface area contributed by atoms with E-state index in [9.17, 15) is 18.3 Å². The number of likely N-dealkylation sites (N-methyl/N-ethyl adjacent to an activating group) is 1. The lowest BCUT2D eigenvalue weighted by molar-refractivity contribution is -0.141. The number of rotatable bonds is 8. The number of ether oxygens (including phenoxy) is 1. The van der Waals surface area contributed by atoms with Gasteiger partial charge in [-0.15, -0.1) is 0 Å². The standard InChI is InChI=1S/C23H22ClNO5S/c1-16-8-11-20(12-9-16)31(28,29)25(2)21(23(26)27)15-17-14-18(24)10-13-22(17)30-19-6-4-3-5-7-19/h3-14,21H,15H2,1-2H3,(H,26,27)/t21-/m0/s1. The first-order valence-corrected chi connectivity index (χ1v) is 11.3. The van der Waals surface area contributed by atoms with Gasteiger partial charge in [-0.3, -0.25) is 4.79 Å². The van der Waals surface area contributed by atoms with Crippen LogP contribution in [-0.4, -0.2) is 36.9 Å². The van der Waals surface area contributed by atoms with E-state index in [2.05, 4.69) is 0 Å². The monoisotopic (exact) mass is 459 g/mol. The fraction of sp³-hybridized carbons (Fsp3) is 0.174. The molecule has 8 heteroatoms. The van der Waals surface area contributed by atoms with Crippen LogP contribution in [0.15, 0.2) is 77.7 Å². The molecule has 0 radical (unpaired) electrons. The van der Waals surface area contributed by atoms with Gasteiger partial charge in [0.2, 0.25) is 10.0 Å². The van der Waals surface area contributed by atoms with Crippen molar-refractivity contribution in [2.24, 2.45) is 0 Å². The van der Waals surface area contributed by atoms with E-state index in [-0.39, 0.29) is 11.3 Å². The third kappa shape index (κ3) is 5.44. The molecule has 3 aromatic carbocycles. The van der Waals surface area contributed by atoms with Crippen molar-refractivity contribution < 1.29 is 23.1 Å². The lowest BCUT2D eigenvalue weighted by Crippen LogP contribution is -2.43. The van der Waals surface area contributed by atoms with Gasteiger partial charge >= 0.3 is 5.97 Å². The van der Waals surface area contributed by atoms with E-state index in [1.807, 2.05) is 25.1 Å². The zero-order chi connectivity index (χ0) is 22.6. The van der Waals surface area contributed by atoms with Crippen molar-refractivity contribution in [3.8, 4) is 11.5 Å².